The van der Waals surface area contributed by atoms with Crippen molar-refractivity contribution in [2.45, 2.75) is 83.6 Å². The lowest BCUT2D eigenvalue weighted by Crippen LogP contribution is -2.36. The maximum absolute atomic E-state index is 6.31. The van der Waals surface area contributed by atoms with Crippen molar-refractivity contribution >= 4 is 0 Å². The molecule has 0 amide bonds. The predicted molar refractivity (Wildman–Crippen MR) is 98.0 cm³/mol. The van der Waals surface area contributed by atoms with Gasteiger partial charge in [0.15, 0.2) is 0 Å². The Bertz CT molecular complexity index is 417. The van der Waals surface area contributed by atoms with Crippen molar-refractivity contribution in [3.63, 3.8) is 0 Å². The molecule has 5 saturated carbocycles. The summed E-state index contributed by atoms with van der Waals surface area (Å²) in [6.07, 6.45) is 15.7. The highest BCUT2D eigenvalue weighted by Gasteiger charge is 2.42. The lowest BCUT2D eigenvalue weighted by molar-refractivity contribution is 0.0758. The molecule has 0 aromatic heterocycles. The highest BCUT2D eigenvalue weighted by atomic mass is 14.7. The molecule has 1 nitrogen and oxygen atoms in total. The van der Waals surface area contributed by atoms with E-state index >= 15 is 0 Å². The SMILES string of the molecule is C=C(C1CC2CC(C2)C1)C(CC(C)CCC(N)C1CC1)C1CC1. The fourth-order valence-electron chi connectivity index (χ4n) is 5.70. The summed E-state index contributed by atoms with van der Waals surface area (Å²) < 4.78 is 0. The van der Waals surface area contributed by atoms with Crippen LogP contribution in [0.15, 0.2) is 12.2 Å². The minimum absolute atomic E-state index is 0.491. The van der Waals surface area contributed by atoms with Gasteiger partial charge >= 0.3 is 0 Å². The largest absolute Gasteiger partial charge is 0.327 e. The van der Waals surface area contributed by atoms with Crippen molar-refractivity contribution in [3.8, 4) is 0 Å². The lowest BCUT2D eigenvalue weighted by atomic mass is 9.58. The van der Waals surface area contributed by atoms with E-state index in [0.717, 1.165) is 41.4 Å². The molecule has 0 radical (unpaired) electrons. The van der Waals surface area contributed by atoms with E-state index in [1.807, 2.05) is 0 Å². The normalized spacial score (nSPS) is 36.9. The van der Waals surface area contributed by atoms with E-state index in [4.69, 9.17) is 5.73 Å². The summed E-state index contributed by atoms with van der Waals surface area (Å²) in [5.74, 6) is 6.52. The smallest absolute Gasteiger partial charge is 0.00672 e. The van der Waals surface area contributed by atoms with Gasteiger partial charge in [0.2, 0.25) is 0 Å². The molecule has 1 heteroatoms. The molecule has 2 bridgehead atoms. The summed E-state index contributed by atoms with van der Waals surface area (Å²) in [6, 6.07) is 0.491. The highest BCUT2D eigenvalue weighted by molar-refractivity contribution is 5.13. The summed E-state index contributed by atoms with van der Waals surface area (Å²) in [7, 11) is 0. The molecule has 2 N–H and O–H groups in total. The van der Waals surface area contributed by atoms with Gasteiger partial charge in [-0.15, -0.1) is 0 Å². The quantitative estimate of drug-likeness (QED) is 0.555. The van der Waals surface area contributed by atoms with Gasteiger partial charge in [-0.05, 0) is 112 Å². The van der Waals surface area contributed by atoms with E-state index < -0.39 is 0 Å². The van der Waals surface area contributed by atoms with Crippen LogP contribution in [0.5, 0.6) is 0 Å². The van der Waals surface area contributed by atoms with Gasteiger partial charge < -0.3 is 5.73 Å². The zero-order chi connectivity index (χ0) is 16.0. The summed E-state index contributed by atoms with van der Waals surface area (Å²) in [6.45, 7) is 7.13. The minimum Gasteiger partial charge on any atom is -0.327 e. The second-order valence-corrected chi connectivity index (χ2v) is 9.81. The first-order chi connectivity index (χ1) is 11.1. The van der Waals surface area contributed by atoms with E-state index in [1.54, 1.807) is 5.57 Å². The number of allylic oxidation sites excluding steroid dienone is 1. The fourth-order valence-corrected chi connectivity index (χ4v) is 5.70. The Morgan fingerprint density at radius 1 is 0.957 bits per heavy atom. The van der Waals surface area contributed by atoms with E-state index in [0.29, 0.717) is 6.04 Å². The number of hydrogen-bond donors (Lipinski definition) is 1. The summed E-state index contributed by atoms with van der Waals surface area (Å²) in [5, 5.41) is 0. The van der Waals surface area contributed by atoms with Gasteiger partial charge in [0, 0.05) is 6.04 Å². The Labute approximate surface area is 143 Å². The predicted octanol–water partition coefficient (Wildman–Crippen LogP) is 5.55. The van der Waals surface area contributed by atoms with Crippen LogP contribution in [0.2, 0.25) is 0 Å². The maximum atomic E-state index is 6.31. The van der Waals surface area contributed by atoms with Crippen molar-refractivity contribution < 1.29 is 0 Å². The van der Waals surface area contributed by atoms with Gasteiger partial charge in [-0.1, -0.05) is 19.1 Å². The first-order valence-corrected chi connectivity index (χ1v) is 10.5. The Balaban J connectivity index is 1.27. The van der Waals surface area contributed by atoms with Crippen molar-refractivity contribution in [1.29, 1.82) is 0 Å². The molecule has 5 aliphatic rings. The first kappa shape index (κ1) is 16.2. The topological polar surface area (TPSA) is 26.0 Å². The van der Waals surface area contributed by atoms with E-state index in [9.17, 15) is 0 Å². The van der Waals surface area contributed by atoms with Crippen LogP contribution in [0.4, 0.5) is 0 Å². The van der Waals surface area contributed by atoms with Crippen molar-refractivity contribution in [2.75, 3.05) is 0 Å². The molecule has 5 aliphatic carbocycles. The van der Waals surface area contributed by atoms with Crippen molar-refractivity contribution in [1.82, 2.24) is 0 Å². The third kappa shape index (κ3) is 3.86. The molecule has 3 atom stereocenters. The molecular weight excluding hydrogens is 278 g/mol. The van der Waals surface area contributed by atoms with Gasteiger partial charge in [0.05, 0.1) is 0 Å². The Kier molecular flexibility index (Phi) is 4.60. The summed E-state index contributed by atoms with van der Waals surface area (Å²) >= 11 is 0. The standard InChI is InChI=1S/C22H37N/c1-14(3-8-22(23)19-6-7-19)9-21(18-4-5-18)15(2)20-12-16-10-17(11-16)13-20/h14,16-22H,2-13,23H2,1H3. The zero-order valence-corrected chi connectivity index (χ0v) is 15.2. The average molecular weight is 316 g/mol. The second kappa shape index (κ2) is 6.54. The van der Waals surface area contributed by atoms with Crippen LogP contribution < -0.4 is 5.73 Å². The van der Waals surface area contributed by atoms with Crippen LogP contribution in [-0.4, -0.2) is 6.04 Å². The number of nitrogens with two attached hydrogens (primary N) is 1. The second-order valence-electron chi connectivity index (χ2n) is 9.81. The molecule has 0 aliphatic heterocycles. The minimum atomic E-state index is 0.491. The van der Waals surface area contributed by atoms with E-state index in [1.165, 1.54) is 70.6 Å². The molecule has 130 valence electrons. The molecule has 0 aromatic rings. The van der Waals surface area contributed by atoms with Crippen LogP contribution in [0.1, 0.15) is 77.6 Å². The monoisotopic (exact) mass is 315 g/mol. The lowest BCUT2D eigenvalue weighted by Gasteiger charge is -2.47. The number of hydrogen-bond acceptors (Lipinski definition) is 1. The Morgan fingerprint density at radius 3 is 2.13 bits per heavy atom. The van der Waals surface area contributed by atoms with Gasteiger partial charge in [-0.2, -0.15) is 0 Å². The van der Waals surface area contributed by atoms with Crippen LogP contribution in [0.3, 0.4) is 0 Å². The van der Waals surface area contributed by atoms with Crippen LogP contribution in [-0.2, 0) is 0 Å². The zero-order valence-electron chi connectivity index (χ0n) is 15.2. The van der Waals surface area contributed by atoms with Crippen molar-refractivity contribution in [2.24, 2.45) is 47.2 Å². The average Bonchev–Trinajstić information content (AvgIpc) is 3.39. The van der Waals surface area contributed by atoms with Crippen LogP contribution in [0.25, 0.3) is 0 Å². The Hall–Kier alpha value is -0.300. The molecule has 5 rings (SSSR count). The Morgan fingerprint density at radius 2 is 1.57 bits per heavy atom. The molecule has 3 unspecified atom stereocenters. The fraction of sp³-hybridized carbons (Fsp3) is 0.909. The third-order valence-corrected chi connectivity index (χ3v) is 7.64. The molecule has 0 heterocycles. The molecule has 5 fully saturated rings. The highest BCUT2D eigenvalue weighted by Crippen LogP contribution is 2.54. The molecular formula is C22H37N. The molecule has 0 aromatic carbocycles. The third-order valence-electron chi connectivity index (χ3n) is 7.64. The van der Waals surface area contributed by atoms with Gasteiger partial charge in [0.1, 0.15) is 0 Å². The first-order valence-electron chi connectivity index (χ1n) is 10.5. The van der Waals surface area contributed by atoms with E-state index in [2.05, 4.69) is 13.5 Å². The van der Waals surface area contributed by atoms with Crippen LogP contribution in [0, 0.1) is 41.4 Å². The van der Waals surface area contributed by atoms with Gasteiger partial charge in [0.25, 0.3) is 0 Å². The van der Waals surface area contributed by atoms with Crippen molar-refractivity contribution in [3.05, 3.63) is 12.2 Å². The van der Waals surface area contributed by atoms with E-state index in [-0.39, 0.29) is 0 Å². The maximum Gasteiger partial charge on any atom is 0.00672 e. The molecule has 23 heavy (non-hydrogen) atoms. The molecule has 0 saturated heterocycles. The molecule has 0 spiro atoms. The van der Waals surface area contributed by atoms with Gasteiger partial charge in [-0.25, -0.2) is 0 Å². The van der Waals surface area contributed by atoms with Gasteiger partial charge in [-0.3, -0.25) is 0 Å². The summed E-state index contributed by atoms with van der Waals surface area (Å²) in [5.41, 5.74) is 7.98. The summed E-state index contributed by atoms with van der Waals surface area (Å²) in [4.78, 5) is 0. The number of fused-ring (bicyclic) bond motifs is 2. The van der Waals surface area contributed by atoms with Crippen LogP contribution >= 0.6 is 0 Å². The number of rotatable bonds is 9.